The molecule has 0 aromatic heterocycles. The van der Waals surface area contributed by atoms with Crippen molar-refractivity contribution in [3.63, 3.8) is 0 Å². The van der Waals surface area contributed by atoms with E-state index < -0.39 is 0 Å². The summed E-state index contributed by atoms with van der Waals surface area (Å²) in [6.07, 6.45) is 0. The number of nitrogens with one attached hydrogen (secondary N) is 1. The number of benzene rings is 2. The molecule has 0 amide bonds. The third-order valence-corrected chi connectivity index (χ3v) is 3.85. The van der Waals surface area contributed by atoms with Gasteiger partial charge in [0.25, 0.3) is 0 Å². The van der Waals surface area contributed by atoms with Gasteiger partial charge in [0, 0.05) is 0 Å². The van der Waals surface area contributed by atoms with Crippen LogP contribution in [0.4, 0.5) is 10.1 Å². The molecule has 0 unspecified atom stereocenters. The minimum absolute atomic E-state index is 0.0494. The SMILES string of the molecule is CC(C)(C)c1ccc2c(c1)N[C@@H](c1ccc(F)cc1)CO2. The average molecular weight is 285 g/mol. The Morgan fingerprint density at radius 3 is 2.48 bits per heavy atom. The van der Waals surface area contributed by atoms with Crippen molar-refractivity contribution in [1.29, 1.82) is 0 Å². The van der Waals surface area contributed by atoms with E-state index in [2.05, 4.69) is 38.2 Å². The van der Waals surface area contributed by atoms with Crippen LogP contribution in [0.2, 0.25) is 0 Å². The number of hydrogen-bond donors (Lipinski definition) is 1. The van der Waals surface area contributed by atoms with E-state index in [1.807, 2.05) is 6.07 Å². The first-order valence-electron chi connectivity index (χ1n) is 7.23. The minimum Gasteiger partial charge on any atom is -0.489 e. The maximum Gasteiger partial charge on any atom is 0.142 e. The first-order chi connectivity index (χ1) is 9.93. The van der Waals surface area contributed by atoms with Gasteiger partial charge in [-0.3, -0.25) is 0 Å². The summed E-state index contributed by atoms with van der Waals surface area (Å²) in [7, 11) is 0. The lowest BCUT2D eigenvalue weighted by Crippen LogP contribution is -2.24. The Balaban J connectivity index is 1.88. The highest BCUT2D eigenvalue weighted by molar-refractivity contribution is 5.61. The second-order valence-electron chi connectivity index (χ2n) is 6.52. The fourth-order valence-electron chi connectivity index (χ4n) is 2.51. The van der Waals surface area contributed by atoms with Gasteiger partial charge in [-0.1, -0.05) is 39.0 Å². The fourth-order valence-corrected chi connectivity index (χ4v) is 2.51. The van der Waals surface area contributed by atoms with Crippen molar-refractivity contribution in [3.8, 4) is 5.75 Å². The van der Waals surface area contributed by atoms with E-state index >= 15 is 0 Å². The zero-order valence-corrected chi connectivity index (χ0v) is 12.6. The van der Waals surface area contributed by atoms with Gasteiger partial charge in [0.2, 0.25) is 0 Å². The Labute approximate surface area is 125 Å². The minimum atomic E-state index is -0.217. The number of fused-ring (bicyclic) bond motifs is 1. The molecule has 2 nitrogen and oxygen atoms in total. The Kier molecular flexibility index (Phi) is 3.36. The average Bonchev–Trinajstić information content (AvgIpc) is 2.46. The Hall–Kier alpha value is -2.03. The van der Waals surface area contributed by atoms with E-state index in [0.29, 0.717) is 6.61 Å². The molecule has 21 heavy (non-hydrogen) atoms. The van der Waals surface area contributed by atoms with Crippen molar-refractivity contribution in [2.75, 3.05) is 11.9 Å². The first kappa shape index (κ1) is 13.9. The van der Waals surface area contributed by atoms with Gasteiger partial charge in [-0.15, -0.1) is 0 Å². The summed E-state index contributed by atoms with van der Waals surface area (Å²) in [4.78, 5) is 0. The maximum atomic E-state index is 13.0. The van der Waals surface area contributed by atoms with E-state index in [1.54, 1.807) is 12.1 Å². The van der Waals surface area contributed by atoms with Crippen molar-refractivity contribution < 1.29 is 9.13 Å². The number of halogens is 1. The topological polar surface area (TPSA) is 21.3 Å². The lowest BCUT2D eigenvalue weighted by atomic mass is 9.86. The molecule has 0 fully saturated rings. The molecule has 3 rings (SSSR count). The second kappa shape index (κ2) is 5.06. The zero-order valence-electron chi connectivity index (χ0n) is 12.6. The highest BCUT2D eigenvalue weighted by Crippen LogP contribution is 2.37. The molecule has 1 aliphatic rings. The Morgan fingerprint density at radius 1 is 1.10 bits per heavy atom. The summed E-state index contributed by atoms with van der Waals surface area (Å²) < 4.78 is 18.9. The third-order valence-electron chi connectivity index (χ3n) is 3.85. The molecular weight excluding hydrogens is 265 g/mol. The van der Waals surface area contributed by atoms with Gasteiger partial charge in [0.15, 0.2) is 0 Å². The van der Waals surface area contributed by atoms with Gasteiger partial charge in [-0.05, 0) is 40.8 Å². The van der Waals surface area contributed by atoms with Crippen molar-refractivity contribution >= 4 is 5.69 Å². The molecule has 2 aromatic carbocycles. The normalized spacial score (nSPS) is 17.6. The molecule has 2 aromatic rings. The standard InChI is InChI=1S/C18H20FNO/c1-18(2,3)13-6-9-17-15(10-13)20-16(11-21-17)12-4-7-14(19)8-5-12/h4-10,16,20H,11H2,1-3H3/t16-/m1/s1. The number of ether oxygens (including phenoxy) is 1. The predicted octanol–water partition coefficient (Wildman–Crippen LogP) is 4.67. The zero-order chi connectivity index (χ0) is 15.0. The van der Waals surface area contributed by atoms with Crippen LogP contribution in [-0.2, 0) is 5.41 Å². The lowest BCUT2D eigenvalue weighted by Gasteiger charge is -2.30. The number of rotatable bonds is 1. The van der Waals surface area contributed by atoms with E-state index in [4.69, 9.17) is 4.74 Å². The highest BCUT2D eigenvalue weighted by atomic mass is 19.1. The summed E-state index contributed by atoms with van der Waals surface area (Å²) >= 11 is 0. The van der Waals surface area contributed by atoms with Crippen molar-refractivity contribution in [1.82, 2.24) is 0 Å². The van der Waals surface area contributed by atoms with E-state index in [0.717, 1.165) is 17.0 Å². The van der Waals surface area contributed by atoms with Gasteiger partial charge >= 0.3 is 0 Å². The molecular formula is C18H20FNO. The van der Waals surface area contributed by atoms with Gasteiger partial charge in [0.1, 0.15) is 18.2 Å². The molecule has 1 heterocycles. The fraction of sp³-hybridized carbons (Fsp3) is 0.333. The van der Waals surface area contributed by atoms with Gasteiger partial charge in [-0.2, -0.15) is 0 Å². The molecule has 1 atom stereocenters. The van der Waals surface area contributed by atoms with E-state index in [1.165, 1.54) is 17.7 Å². The molecule has 1 N–H and O–H groups in total. The summed E-state index contributed by atoms with van der Waals surface area (Å²) in [5.74, 6) is 0.659. The van der Waals surface area contributed by atoms with Crippen LogP contribution in [0, 0.1) is 5.82 Å². The highest BCUT2D eigenvalue weighted by Gasteiger charge is 2.23. The van der Waals surface area contributed by atoms with Crippen LogP contribution in [-0.4, -0.2) is 6.61 Å². The quantitative estimate of drug-likeness (QED) is 0.822. The van der Waals surface area contributed by atoms with Crippen LogP contribution in [0.5, 0.6) is 5.75 Å². The van der Waals surface area contributed by atoms with E-state index in [9.17, 15) is 4.39 Å². The molecule has 0 saturated carbocycles. The van der Waals surface area contributed by atoms with Gasteiger partial charge < -0.3 is 10.1 Å². The number of hydrogen-bond acceptors (Lipinski definition) is 2. The maximum absolute atomic E-state index is 13.0. The lowest BCUT2D eigenvalue weighted by molar-refractivity contribution is 0.286. The third kappa shape index (κ3) is 2.87. The van der Waals surface area contributed by atoms with E-state index in [-0.39, 0.29) is 17.3 Å². The monoisotopic (exact) mass is 285 g/mol. The summed E-state index contributed by atoms with van der Waals surface area (Å²) in [5.41, 5.74) is 3.39. The summed E-state index contributed by atoms with van der Waals surface area (Å²) in [6.45, 7) is 7.12. The van der Waals surface area contributed by atoms with Crippen LogP contribution in [0.3, 0.4) is 0 Å². The van der Waals surface area contributed by atoms with Crippen LogP contribution < -0.4 is 10.1 Å². The summed E-state index contributed by atoms with van der Waals surface area (Å²) in [5, 5.41) is 3.50. The Morgan fingerprint density at radius 2 is 1.81 bits per heavy atom. The van der Waals surface area contributed by atoms with Crippen LogP contribution in [0.15, 0.2) is 42.5 Å². The molecule has 0 bridgehead atoms. The molecule has 110 valence electrons. The van der Waals surface area contributed by atoms with Crippen molar-refractivity contribution in [2.24, 2.45) is 0 Å². The van der Waals surface area contributed by atoms with Crippen LogP contribution in [0.25, 0.3) is 0 Å². The van der Waals surface area contributed by atoms with Gasteiger partial charge in [-0.25, -0.2) is 4.39 Å². The van der Waals surface area contributed by atoms with Crippen molar-refractivity contribution in [2.45, 2.75) is 32.2 Å². The molecule has 1 aliphatic heterocycles. The molecule has 0 aliphatic carbocycles. The van der Waals surface area contributed by atoms with Crippen LogP contribution in [0.1, 0.15) is 37.9 Å². The van der Waals surface area contributed by atoms with Crippen LogP contribution >= 0.6 is 0 Å². The second-order valence-corrected chi connectivity index (χ2v) is 6.52. The predicted molar refractivity (Wildman–Crippen MR) is 83.4 cm³/mol. The summed E-state index contributed by atoms with van der Waals surface area (Å²) in [6, 6.07) is 12.9. The number of anilines is 1. The molecule has 0 spiro atoms. The molecule has 0 radical (unpaired) electrons. The largest absolute Gasteiger partial charge is 0.489 e. The van der Waals surface area contributed by atoms with Gasteiger partial charge in [0.05, 0.1) is 11.7 Å². The first-order valence-corrected chi connectivity index (χ1v) is 7.23. The Bertz CT molecular complexity index is 643. The molecule has 3 heteroatoms. The smallest absolute Gasteiger partial charge is 0.142 e. The van der Waals surface area contributed by atoms with Crippen molar-refractivity contribution in [3.05, 3.63) is 59.4 Å². The molecule has 0 saturated heterocycles.